The average Bonchev–Trinajstić information content (AvgIpc) is 2.98. The van der Waals surface area contributed by atoms with Crippen LogP contribution < -0.4 is 15.3 Å². The Bertz CT molecular complexity index is 991. The first kappa shape index (κ1) is 17.2. The number of carboxylic acid groups (broad SMARTS) is 1. The number of furan rings is 1. The molecule has 1 amide bonds. The van der Waals surface area contributed by atoms with Crippen molar-refractivity contribution in [3.63, 3.8) is 0 Å². The van der Waals surface area contributed by atoms with Crippen LogP contribution in [0.5, 0.6) is 5.75 Å². The van der Waals surface area contributed by atoms with Gasteiger partial charge in [-0.15, -0.1) is 0 Å². The molecule has 0 fully saturated rings. The zero-order valence-corrected chi connectivity index (χ0v) is 13.9. The molecule has 26 heavy (non-hydrogen) atoms. The predicted molar refractivity (Wildman–Crippen MR) is 93.0 cm³/mol. The number of amides is 1. The third-order valence-electron chi connectivity index (χ3n) is 3.68. The number of rotatable bonds is 6. The number of fused-ring (bicyclic) bond motifs is 1. The highest BCUT2D eigenvalue weighted by molar-refractivity contribution is 5.99. The molecule has 1 aromatic heterocycles. The van der Waals surface area contributed by atoms with Gasteiger partial charge in [-0.1, -0.05) is 30.3 Å². The van der Waals surface area contributed by atoms with Gasteiger partial charge in [-0.05, 0) is 25.1 Å². The molecule has 0 unspecified atom stereocenters. The Labute approximate surface area is 148 Å². The maximum absolute atomic E-state index is 12.3. The lowest BCUT2D eigenvalue weighted by molar-refractivity contribution is -0.307. The van der Waals surface area contributed by atoms with Crippen LogP contribution in [0.1, 0.15) is 21.7 Å². The first-order chi connectivity index (χ1) is 12.6. The van der Waals surface area contributed by atoms with Crippen LogP contribution >= 0.6 is 0 Å². The number of ether oxygens (including phenoxy) is 1. The van der Waals surface area contributed by atoms with Gasteiger partial charge < -0.3 is 19.1 Å². The predicted octanol–water partition coefficient (Wildman–Crippen LogP) is 1.63. The second-order valence-corrected chi connectivity index (χ2v) is 5.45. The van der Waals surface area contributed by atoms with Gasteiger partial charge in [0, 0.05) is 16.5 Å². The van der Waals surface area contributed by atoms with E-state index in [1.807, 2.05) is 18.2 Å². The normalized spacial score (nSPS) is 11.0. The Morgan fingerprint density at radius 1 is 1.19 bits per heavy atom. The minimum Gasteiger partial charge on any atom is -0.546 e. The molecule has 0 bridgehead atoms. The smallest absolute Gasteiger partial charge is 0.307 e. The van der Waals surface area contributed by atoms with Gasteiger partial charge in [-0.3, -0.25) is 4.79 Å². The van der Waals surface area contributed by atoms with Crippen LogP contribution in [0.15, 0.2) is 58.0 Å². The molecule has 0 radical (unpaired) electrons. The summed E-state index contributed by atoms with van der Waals surface area (Å²) < 4.78 is 10.7. The first-order valence-electron chi connectivity index (χ1n) is 7.79. The van der Waals surface area contributed by atoms with E-state index >= 15 is 0 Å². The van der Waals surface area contributed by atoms with Crippen molar-refractivity contribution in [1.29, 1.82) is 0 Å². The second kappa shape index (κ2) is 7.52. The van der Waals surface area contributed by atoms with Crippen LogP contribution in [-0.4, -0.2) is 24.7 Å². The lowest BCUT2D eigenvalue weighted by atomic mass is 10.1. The molecule has 0 atom stereocenters. The Hall–Kier alpha value is -3.61. The van der Waals surface area contributed by atoms with E-state index in [0.717, 1.165) is 10.9 Å². The molecule has 3 rings (SSSR count). The molecule has 7 heteroatoms. The average molecular weight is 351 g/mol. The number of hydrogen-bond acceptors (Lipinski definition) is 6. The van der Waals surface area contributed by atoms with E-state index in [0.29, 0.717) is 16.9 Å². The van der Waals surface area contributed by atoms with Crippen molar-refractivity contribution in [2.75, 3.05) is 6.61 Å². The van der Waals surface area contributed by atoms with Crippen molar-refractivity contribution in [2.24, 2.45) is 5.10 Å². The molecule has 132 valence electrons. The Balaban J connectivity index is 1.73. The number of carbonyl (C=O) groups is 2. The summed E-state index contributed by atoms with van der Waals surface area (Å²) in [6.07, 6.45) is 1.36. The van der Waals surface area contributed by atoms with Gasteiger partial charge in [-0.2, -0.15) is 5.10 Å². The van der Waals surface area contributed by atoms with E-state index in [4.69, 9.17) is 9.15 Å². The second-order valence-electron chi connectivity index (χ2n) is 5.45. The molecule has 1 heterocycles. The lowest BCUT2D eigenvalue weighted by Crippen LogP contribution is -2.29. The standard InChI is InChI=1S/C19H16N2O5/c1-12-14-7-3-5-9-16(14)26-18(12)19(24)21-20-10-13-6-2-4-8-15(13)25-11-17(22)23/h2-10H,11H2,1H3,(H,21,24)(H,22,23)/p-1/b20-10-. The molecular formula is C19H15N2O5-. The number of nitrogens with one attached hydrogen (secondary N) is 1. The Kier molecular flexibility index (Phi) is 4.98. The largest absolute Gasteiger partial charge is 0.546 e. The monoisotopic (exact) mass is 351 g/mol. The highest BCUT2D eigenvalue weighted by Gasteiger charge is 2.16. The minimum atomic E-state index is -1.33. The SMILES string of the molecule is Cc1c(C(=O)N/N=C\c2ccccc2OCC(=O)[O-])oc2ccccc12. The molecule has 7 nitrogen and oxygen atoms in total. The maximum atomic E-state index is 12.3. The zero-order chi connectivity index (χ0) is 18.5. The van der Waals surface area contributed by atoms with Gasteiger partial charge in [0.15, 0.2) is 5.76 Å². The molecule has 0 aliphatic rings. The number of carboxylic acids is 1. The van der Waals surface area contributed by atoms with Crippen LogP contribution in [0.2, 0.25) is 0 Å². The molecule has 0 saturated heterocycles. The van der Waals surface area contributed by atoms with E-state index in [1.165, 1.54) is 6.21 Å². The van der Waals surface area contributed by atoms with E-state index in [9.17, 15) is 14.7 Å². The molecule has 1 N–H and O–H groups in total. The van der Waals surface area contributed by atoms with Crippen molar-refractivity contribution in [3.8, 4) is 5.75 Å². The lowest BCUT2D eigenvalue weighted by Gasteiger charge is -2.08. The van der Waals surface area contributed by atoms with Crippen molar-refractivity contribution >= 4 is 29.1 Å². The highest BCUT2D eigenvalue weighted by Crippen LogP contribution is 2.24. The van der Waals surface area contributed by atoms with Crippen molar-refractivity contribution in [2.45, 2.75) is 6.92 Å². The molecule has 0 spiro atoms. The summed E-state index contributed by atoms with van der Waals surface area (Å²) in [7, 11) is 0. The molecule has 0 aliphatic carbocycles. The number of benzene rings is 2. The van der Waals surface area contributed by atoms with Gasteiger partial charge in [0.05, 0.1) is 12.2 Å². The summed E-state index contributed by atoms with van der Waals surface area (Å²) in [5.41, 5.74) is 4.26. The molecule has 3 aromatic rings. The molecule has 2 aromatic carbocycles. The number of hydrogen-bond donors (Lipinski definition) is 1. The van der Waals surface area contributed by atoms with Crippen molar-refractivity contribution in [1.82, 2.24) is 5.43 Å². The number of aliphatic carboxylic acids is 1. The fourth-order valence-corrected chi connectivity index (χ4v) is 2.46. The molecule has 0 aliphatic heterocycles. The van der Waals surface area contributed by atoms with E-state index < -0.39 is 18.5 Å². The maximum Gasteiger partial charge on any atom is 0.307 e. The summed E-state index contributed by atoms with van der Waals surface area (Å²) in [5, 5.41) is 15.3. The first-order valence-corrected chi connectivity index (χ1v) is 7.79. The van der Waals surface area contributed by atoms with Gasteiger partial charge in [0.1, 0.15) is 17.9 Å². The van der Waals surface area contributed by atoms with Crippen LogP contribution in [0, 0.1) is 6.92 Å². The molecular weight excluding hydrogens is 336 g/mol. The van der Waals surface area contributed by atoms with Crippen LogP contribution in [-0.2, 0) is 4.79 Å². The van der Waals surface area contributed by atoms with Crippen LogP contribution in [0.3, 0.4) is 0 Å². The summed E-state index contributed by atoms with van der Waals surface area (Å²) in [6.45, 7) is 1.23. The van der Waals surface area contributed by atoms with Crippen LogP contribution in [0.25, 0.3) is 11.0 Å². The van der Waals surface area contributed by atoms with E-state index in [1.54, 1.807) is 37.3 Å². The van der Waals surface area contributed by atoms with E-state index in [2.05, 4.69) is 10.5 Å². The fourth-order valence-electron chi connectivity index (χ4n) is 2.46. The third kappa shape index (κ3) is 3.72. The van der Waals surface area contributed by atoms with Gasteiger partial charge in [0.2, 0.25) is 0 Å². The number of hydrazone groups is 1. The number of aryl methyl sites for hydroxylation is 1. The van der Waals surface area contributed by atoms with E-state index in [-0.39, 0.29) is 5.76 Å². The number of nitrogens with zero attached hydrogens (tertiary/aromatic N) is 1. The summed E-state index contributed by atoms with van der Waals surface area (Å²) in [4.78, 5) is 22.8. The third-order valence-corrected chi connectivity index (χ3v) is 3.68. The fraction of sp³-hybridized carbons (Fsp3) is 0.105. The van der Waals surface area contributed by atoms with Crippen LogP contribution in [0.4, 0.5) is 0 Å². The van der Waals surface area contributed by atoms with Crippen molar-refractivity contribution in [3.05, 3.63) is 65.4 Å². The summed E-state index contributed by atoms with van der Waals surface area (Å²) >= 11 is 0. The summed E-state index contributed by atoms with van der Waals surface area (Å²) in [6, 6.07) is 14.0. The zero-order valence-electron chi connectivity index (χ0n) is 13.9. The number of carbonyl (C=O) groups excluding carboxylic acids is 2. The number of para-hydroxylation sites is 2. The Morgan fingerprint density at radius 2 is 1.92 bits per heavy atom. The van der Waals surface area contributed by atoms with Gasteiger partial charge >= 0.3 is 5.91 Å². The molecule has 0 saturated carbocycles. The minimum absolute atomic E-state index is 0.185. The topological polar surface area (TPSA) is 104 Å². The highest BCUT2D eigenvalue weighted by atomic mass is 16.5. The Morgan fingerprint density at radius 3 is 2.69 bits per heavy atom. The summed E-state index contributed by atoms with van der Waals surface area (Å²) in [5.74, 6) is -1.31. The van der Waals surface area contributed by atoms with Gasteiger partial charge in [-0.25, -0.2) is 5.43 Å². The van der Waals surface area contributed by atoms with Gasteiger partial charge in [0.25, 0.3) is 0 Å². The quantitative estimate of drug-likeness (QED) is 0.537. The van der Waals surface area contributed by atoms with Crippen molar-refractivity contribution < 1.29 is 23.8 Å².